The van der Waals surface area contributed by atoms with Gasteiger partial charge in [0.15, 0.2) is 6.29 Å². The average molecular weight is 685 g/mol. The second kappa shape index (κ2) is 13.2. The van der Waals surface area contributed by atoms with Crippen molar-refractivity contribution in [2.75, 3.05) is 37.8 Å². The summed E-state index contributed by atoms with van der Waals surface area (Å²) in [6, 6.07) is 11.9. The summed E-state index contributed by atoms with van der Waals surface area (Å²) in [7, 11) is -2.92. The molecule has 10 heteroatoms. The Balaban J connectivity index is 1.28. The van der Waals surface area contributed by atoms with Crippen LogP contribution in [0.25, 0.3) is 0 Å². The highest BCUT2D eigenvalue weighted by Gasteiger charge is 2.46. The third kappa shape index (κ3) is 6.55. The Morgan fingerprint density at radius 1 is 1.04 bits per heavy atom. The van der Waals surface area contributed by atoms with Crippen molar-refractivity contribution in [2.24, 2.45) is 23.7 Å². The fourth-order valence-corrected chi connectivity index (χ4v) is 10.5. The summed E-state index contributed by atoms with van der Waals surface area (Å²) in [5, 5.41) is 10.6. The maximum Gasteiger partial charge on any atom is 0.262 e. The van der Waals surface area contributed by atoms with E-state index in [0.717, 1.165) is 80.9 Å². The fraction of sp³-hybridized carbons (Fsp3) is 0.622. The van der Waals surface area contributed by atoms with Crippen LogP contribution in [0.3, 0.4) is 0 Å². The number of carbonyl (C=O) groups excluding carboxylic acids is 1. The van der Waals surface area contributed by atoms with E-state index in [4.69, 9.17) is 25.8 Å². The van der Waals surface area contributed by atoms with Crippen LogP contribution in [0.2, 0.25) is 5.02 Å². The lowest BCUT2D eigenvalue weighted by Gasteiger charge is -2.48. The Hall–Kier alpha value is -2.30. The summed E-state index contributed by atoms with van der Waals surface area (Å²) in [6.45, 7) is 6.74. The van der Waals surface area contributed by atoms with Gasteiger partial charge in [-0.05, 0) is 117 Å². The number of nitrogens with one attached hydrogen (secondary N) is 1. The average Bonchev–Trinajstić information content (AvgIpc) is 3.18. The molecule has 7 rings (SSSR count). The summed E-state index contributed by atoms with van der Waals surface area (Å²) in [5.41, 5.74) is 3.72. The van der Waals surface area contributed by atoms with Gasteiger partial charge in [0.1, 0.15) is 11.9 Å². The monoisotopic (exact) mass is 684 g/mol. The van der Waals surface area contributed by atoms with E-state index < -0.39 is 15.8 Å². The second-order valence-electron chi connectivity index (χ2n) is 14.9. The van der Waals surface area contributed by atoms with E-state index >= 15 is 0 Å². The molecule has 0 radical (unpaired) electrons. The number of ether oxygens (including phenoxy) is 3. The predicted octanol–water partition coefficient (Wildman–Crippen LogP) is 5.76. The lowest BCUT2D eigenvalue weighted by atomic mass is 9.64. The minimum atomic E-state index is -2.92. The van der Waals surface area contributed by atoms with E-state index in [1.54, 1.807) is 6.07 Å². The van der Waals surface area contributed by atoms with E-state index in [-0.39, 0.29) is 34.7 Å². The van der Waals surface area contributed by atoms with Crippen LogP contribution in [0.1, 0.15) is 80.3 Å². The molecule has 2 aromatic rings. The molecule has 47 heavy (non-hydrogen) atoms. The number of benzene rings is 2. The molecule has 2 aliphatic carbocycles. The van der Waals surface area contributed by atoms with Gasteiger partial charge >= 0.3 is 0 Å². The summed E-state index contributed by atoms with van der Waals surface area (Å²) >= 11 is 6.46. The predicted molar refractivity (Wildman–Crippen MR) is 187 cm³/mol. The zero-order valence-electron chi connectivity index (χ0n) is 27.6. The molecule has 1 spiro atoms. The van der Waals surface area contributed by atoms with Gasteiger partial charge in [0.2, 0.25) is 0 Å². The zero-order chi connectivity index (χ0) is 32.9. The molecular weight excluding hydrogens is 636 g/mol. The fourth-order valence-electron chi connectivity index (χ4n) is 8.83. The first-order valence-corrected chi connectivity index (χ1v) is 19.6. The molecule has 0 aromatic heterocycles. The van der Waals surface area contributed by atoms with Gasteiger partial charge in [-0.15, -0.1) is 0 Å². The van der Waals surface area contributed by atoms with Gasteiger partial charge in [-0.1, -0.05) is 31.0 Å². The van der Waals surface area contributed by atoms with Crippen molar-refractivity contribution < 1.29 is 28.3 Å². The van der Waals surface area contributed by atoms with E-state index in [9.17, 15) is 14.1 Å². The van der Waals surface area contributed by atoms with Crippen LogP contribution >= 0.6 is 11.6 Å². The number of anilines is 1. The van der Waals surface area contributed by atoms with Crippen LogP contribution in [0, 0.1) is 23.7 Å². The Morgan fingerprint density at radius 2 is 1.85 bits per heavy atom. The molecule has 2 aromatic carbocycles. The lowest BCUT2D eigenvalue weighted by molar-refractivity contribution is -0.252. The standard InChI is InChI=1S/C37H49ClN2O6S/c1-23-6-4-8-31(36-44-19-29(41)20-45-36)30-12-9-27(30)18-40-21-37(15-5-7-25-16-28(38)11-13-32(25)37)22-46-34-14-10-26(17-33(34)40)35(42)39-47(3,43)24(23)2/h10-11,13-14,16-17,23-24,27,29-31,36,41H,3-9,12,15,18-22H2,1-2H3,(H,39,42,43)/t23-,24+,27-,29?,30+,31+,36?,37-,47?/m0/s1. The van der Waals surface area contributed by atoms with Crippen LogP contribution in [0.4, 0.5) is 5.69 Å². The molecule has 3 aliphatic heterocycles. The number of rotatable bonds is 1. The Labute approximate surface area is 284 Å². The largest absolute Gasteiger partial charge is 0.490 e. The number of hydrogen-bond donors (Lipinski definition) is 2. The third-order valence-electron chi connectivity index (χ3n) is 11.9. The number of hydrogen-bond acceptors (Lipinski definition) is 7. The van der Waals surface area contributed by atoms with Crippen LogP contribution in [-0.2, 0) is 31.0 Å². The maximum absolute atomic E-state index is 13.9. The van der Waals surface area contributed by atoms with Crippen LogP contribution in [0.5, 0.6) is 5.75 Å². The molecule has 1 unspecified atom stereocenters. The Morgan fingerprint density at radius 3 is 2.62 bits per heavy atom. The number of carbonyl (C=O) groups is 1. The molecular formula is C37H49ClN2O6S. The topological polar surface area (TPSA) is 97.3 Å². The van der Waals surface area contributed by atoms with Gasteiger partial charge in [0.05, 0.1) is 35.2 Å². The normalized spacial score (nSPS) is 37.8. The number of aryl methyl sites for hydroxylation is 1. The third-order valence-corrected chi connectivity index (χ3v) is 14.3. The molecule has 3 heterocycles. The summed E-state index contributed by atoms with van der Waals surface area (Å²) in [4.78, 5) is 16.1. The number of aliphatic hydroxyl groups is 1. The summed E-state index contributed by atoms with van der Waals surface area (Å²) in [5.74, 6) is 5.53. The number of fused-ring (bicyclic) bond motifs is 4. The second-order valence-corrected chi connectivity index (χ2v) is 17.7. The highest BCUT2D eigenvalue weighted by Crippen LogP contribution is 2.49. The molecule has 2 fully saturated rings. The maximum atomic E-state index is 13.9. The quantitative estimate of drug-likeness (QED) is 0.369. The number of halogens is 1. The first kappa shape index (κ1) is 33.2. The Bertz CT molecular complexity index is 1590. The van der Waals surface area contributed by atoms with Crippen molar-refractivity contribution in [3.05, 3.63) is 58.1 Å². The first-order chi connectivity index (χ1) is 22.5. The minimum Gasteiger partial charge on any atom is -0.490 e. The first-order valence-electron chi connectivity index (χ1n) is 17.4. The molecule has 7 atom stereocenters. The molecule has 256 valence electrons. The molecule has 5 aliphatic rings. The van der Waals surface area contributed by atoms with Crippen molar-refractivity contribution in [2.45, 2.75) is 88.3 Å². The van der Waals surface area contributed by atoms with E-state index in [2.05, 4.69) is 34.5 Å². The summed E-state index contributed by atoms with van der Waals surface area (Å²) in [6.07, 6.45) is 7.04. The van der Waals surface area contributed by atoms with Gasteiger partial charge in [0.25, 0.3) is 5.91 Å². The smallest absolute Gasteiger partial charge is 0.262 e. The van der Waals surface area contributed by atoms with Crippen molar-refractivity contribution >= 4 is 38.8 Å². The van der Waals surface area contributed by atoms with E-state index in [1.165, 1.54) is 11.1 Å². The number of nitrogens with zero attached hydrogens (tertiary/aromatic N) is 1. The van der Waals surface area contributed by atoms with Crippen LogP contribution in [0.15, 0.2) is 36.4 Å². The van der Waals surface area contributed by atoms with Crippen molar-refractivity contribution in [3.8, 4) is 5.75 Å². The molecule has 1 amide bonds. The van der Waals surface area contributed by atoms with Crippen LogP contribution in [-0.4, -0.2) is 71.6 Å². The summed E-state index contributed by atoms with van der Waals surface area (Å²) < 4.78 is 35.6. The molecule has 8 nitrogen and oxygen atoms in total. The van der Waals surface area contributed by atoms with Crippen molar-refractivity contribution in [1.82, 2.24) is 4.72 Å². The molecule has 1 saturated heterocycles. The zero-order valence-corrected chi connectivity index (χ0v) is 29.2. The van der Waals surface area contributed by atoms with E-state index in [0.29, 0.717) is 37.2 Å². The van der Waals surface area contributed by atoms with Crippen molar-refractivity contribution in [1.29, 1.82) is 0 Å². The number of amides is 1. The highest BCUT2D eigenvalue weighted by atomic mass is 35.5. The van der Waals surface area contributed by atoms with Gasteiger partial charge in [-0.3, -0.25) is 9.52 Å². The highest BCUT2D eigenvalue weighted by molar-refractivity contribution is 7.99. The SMILES string of the molecule is C=S1(=O)NC(=O)c2ccc3c(c2)N(C[C@@H]2CC[C@H]2[C@H](C2OCC(O)CO2)CCC[C@H](C)[C@H]1C)C[C@@]1(CCCc2cc(Cl)ccc21)CO3. The molecule has 2 N–H and O–H groups in total. The van der Waals surface area contributed by atoms with Crippen LogP contribution < -0.4 is 14.4 Å². The Kier molecular flexibility index (Phi) is 9.33. The lowest BCUT2D eigenvalue weighted by Crippen LogP contribution is -2.51. The minimum absolute atomic E-state index is 0.0986. The van der Waals surface area contributed by atoms with Gasteiger partial charge < -0.3 is 24.2 Å². The van der Waals surface area contributed by atoms with Gasteiger partial charge in [0, 0.05) is 40.3 Å². The van der Waals surface area contributed by atoms with Gasteiger partial charge in [-0.2, -0.15) is 0 Å². The van der Waals surface area contributed by atoms with E-state index in [1.807, 2.05) is 25.1 Å². The molecule has 1 saturated carbocycles. The molecule has 2 bridgehead atoms. The van der Waals surface area contributed by atoms with Gasteiger partial charge in [-0.25, -0.2) is 4.21 Å². The van der Waals surface area contributed by atoms with Crippen molar-refractivity contribution in [3.63, 3.8) is 0 Å². The number of aliphatic hydroxyl groups excluding tert-OH is 1.